The fraction of sp³-hybridized carbons (Fsp3) is 0.938. The topological polar surface area (TPSA) is 38.3 Å². The molecule has 19 heavy (non-hydrogen) atoms. The highest BCUT2D eigenvalue weighted by atomic mass is 16.5. The molecule has 110 valence electrons. The van der Waals surface area contributed by atoms with E-state index >= 15 is 0 Å². The zero-order chi connectivity index (χ0) is 13.7. The van der Waals surface area contributed by atoms with Gasteiger partial charge in [0.1, 0.15) is 12.1 Å². The van der Waals surface area contributed by atoms with Crippen molar-refractivity contribution in [1.29, 1.82) is 0 Å². The molecule has 1 heterocycles. The van der Waals surface area contributed by atoms with E-state index in [0.29, 0.717) is 11.8 Å². The first-order chi connectivity index (χ1) is 9.24. The Morgan fingerprint density at radius 1 is 1.16 bits per heavy atom. The molecular formula is C16H29NO2. The molecule has 0 aromatic rings. The van der Waals surface area contributed by atoms with Gasteiger partial charge in [-0.1, -0.05) is 26.7 Å². The van der Waals surface area contributed by atoms with Crippen molar-refractivity contribution in [1.82, 2.24) is 5.32 Å². The SMILES string of the molecule is CCC1CCNC(C(=O)OC2CCCCC2CC)C1. The predicted octanol–water partition coefficient (Wildman–Crippen LogP) is 3.28. The average molecular weight is 267 g/mol. The highest BCUT2D eigenvalue weighted by molar-refractivity contribution is 5.76. The van der Waals surface area contributed by atoms with Crippen molar-refractivity contribution in [3.8, 4) is 0 Å². The fourth-order valence-corrected chi connectivity index (χ4v) is 3.57. The van der Waals surface area contributed by atoms with Crippen LogP contribution in [0.25, 0.3) is 0 Å². The van der Waals surface area contributed by atoms with Gasteiger partial charge in [-0.2, -0.15) is 0 Å². The molecule has 4 unspecified atom stereocenters. The first-order valence-corrected chi connectivity index (χ1v) is 8.18. The molecule has 1 saturated carbocycles. The van der Waals surface area contributed by atoms with E-state index in [4.69, 9.17) is 4.74 Å². The maximum absolute atomic E-state index is 12.3. The third-order valence-electron chi connectivity index (χ3n) is 5.01. The van der Waals surface area contributed by atoms with Gasteiger partial charge in [0, 0.05) is 0 Å². The second kappa shape index (κ2) is 7.28. The summed E-state index contributed by atoms with van der Waals surface area (Å²) in [5.74, 6) is 1.28. The Morgan fingerprint density at radius 2 is 1.95 bits per heavy atom. The van der Waals surface area contributed by atoms with E-state index in [2.05, 4.69) is 19.2 Å². The third-order valence-corrected chi connectivity index (χ3v) is 5.01. The highest BCUT2D eigenvalue weighted by Crippen LogP contribution is 2.30. The summed E-state index contributed by atoms with van der Waals surface area (Å²) in [5.41, 5.74) is 0. The van der Waals surface area contributed by atoms with Gasteiger partial charge in [0.15, 0.2) is 0 Å². The lowest BCUT2D eigenvalue weighted by Crippen LogP contribution is -2.46. The van der Waals surface area contributed by atoms with Crippen molar-refractivity contribution < 1.29 is 9.53 Å². The van der Waals surface area contributed by atoms with Gasteiger partial charge in [0.25, 0.3) is 0 Å². The van der Waals surface area contributed by atoms with Crippen molar-refractivity contribution in [2.45, 2.75) is 77.4 Å². The van der Waals surface area contributed by atoms with Crippen LogP contribution in [0.1, 0.15) is 65.2 Å². The van der Waals surface area contributed by atoms with E-state index < -0.39 is 0 Å². The van der Waals surface area contributed by atoms with Crippen LogP contribution in [0.15, 0.2) is 0 Å². The first-order valence-electron chi connectivity index (χ1n) is 8.18. The van der Waals surface area contributed by atoms with E-state index in [1.165, 1.54) is 32.1 Å². The quantitative estimate of drug-likeness (QED) is 0.794. The zero-order valence-electron chi connectivity index (χ0n) is 12.5. The molecule has 0 aromatic heterocycles. The summed E-state index contributed by atoms with van der Waals surface area (Å²) in [7, 11) is 0. The van der Waals surface area contributed by atoms with Crippen LogP contribution in [0.3, 0.4) is 0 Å². The Balaban J connectivity index is 1.85. The van der Waals surface area contributed by atoms with Gasteiger partial charge in [0.05, 0.1) is 0 Å². The molecule has 3 heteroatoms. The Morgan fingerprint density at radius 3 is 2.68 bits per heavy atom. The van der Waals surface area contributed by atoms with Gasteiger partial charge in [-0.25, -0.2) is 0 Å². The van der Waals surface area contributed by atoms with Crippen LogP contribution in [-0.2, 0) is 9.53 Å². The van der Waals surface area contributed by atoms with Gasteiger partial charge in [-0.3, -0.25) is 4.79 Å². The Hall–Kier alpha value is -0.570. The van der Waals surface area contributed by atoms with E-state index in [-0.39, 0.29) is 18.1 Å². The van der Waals surface area contributed by atoms with Crippen LogP contribution in [0.2, 0.25) is 0 Å². The first kappa shape index (κ1) is 14.8. The van der Waals surface area contributed by atoms with Crippen LogP contribution in [0, 0.1) is 11.8 Å². The number of rotatable bonds is 4. The van der Waals surface area contributed by atoms with Crippen molar-refractivity contribution in [2.24, 2.45) is 11.8 Å². The minimum absolute atomic E-state index is 0.00324. The van der Waals surface area contributed by atoms with Crippen molar-refractivity contribution >= 4 is 5.97 Å². The maximum Gasteiger partial charge on any atom is 0.323 e. The molecule has 0 aromatic carbocycles. The summed E-state index contributed by atoms with van der Waals surface area (Å²) in [5, 5.41) is 3.33. The van der Waals surface area contributed by atoms with Crippen LogP contribution < -0.4 is 5.32 Å². The second-order valence-corrected chi connectivity index (χ2v) is 6.23. The van der Waals surface area contributed by atoms with Gasteiger partial charge >= 0.3 is 5.97 Å². The van der Waals surface area contributed by atoms with Crippen molar-refractivity contribution in [3.63, 3.8) is 0 Å². The third kappa shape index (κ3) is 3.95. The maximum atomic E-state index is 12.3. The molecule has 1 saturated heterocycles. The number of carbonyl (C=O) groups is 1. The largest absolute Gasteiger partial charge is 0.461 e. The molecule has 2 fully saturated rings. The number of hydrogen-bond acceptors (Lipinski definition) is 3. The number of ether oxygens (including phenoxy) is 1. The molecule has 0 spiro atoms. The summed E-state index contributed by atoms with van der Waals surface area (Å²) in [6.07, 6.45) is 9.43. The smallest absolute Gasteiger partial charge is 0.323 e. The van der Waals surface area contributed by atoms with Crippen LogP contribution in [0.5, 0.6) is 0 Å². The minimum Gasteiger partial charge on any atom is -0.461 e. The van der Waals surface area contributed by atoms with E-state index in [0.717, 1.165) is 25.8 Å². The Bertz CT molecular complexity index is 292. The predicted molar refractivity (Wildman–Crippen MR) is 76.9 cm³/mol. The van der Waals surface area contributed by atoms with Crippen molar-refractivity contribution in [3.05, 3.63) is 0 Å². The molecule has 1 aliphatic heterocycles. The van der Waals surface area contributed by atoms with Gasteiger partial charge in [-0.05, 0) is 56.9 Å². The molecular weight excluding hydrogens is 238 g/mol. The summed E-state index contributed by atoms with van der Waals surface area (Å²) in [4.78, 5) is 12.3. The van der Waals surface area contributed by atoms with Crippen LogP contribution in [-0.4, -0.2) is 24.7 Å². The number of hydrogen-bond donors (Lipinski definition) is 1. The summed E-state index contributed by atoms with van der Waals surface area (Å²) in [6, 6.07) is -0.0573. The van der Waals surface area contributed by atoms with Crippen molar-refractivity contribution in [2.75, 3.05) is 6.54 Å². The molecule has 2 rings (SSSR count). The number of carbonyl (C=O) groups excluding carboxylic acids is 1. The van der Waals surface area contributed by atoms with E-state index in [1.54, 1.807) is 0 Å². The molecule has 1 N–H and O–H groups in total. The fourth-order valence-electron chi connectivity index (χ4n) is 3.57. The monoisotopic (exact) mass is 267 g/mol. The van der Waals surface area contributed by atoms with E-state index in [9.17, 15) is 4.79 Å². The number of nitrogens with one attached hydrogen (secondary N) is 1. The number of piperidine rings is 1. The second-order valence-electron chi connectivity index (χ2n) is 6.23. The normalized spacial score (nSPS) is 35.9. The Kier molecular flexibility index (Phi) is 5.68. The highest BCUT2D eigenvalue weighted by Gasteiger charge is 2.32. The molecule has 0 bridgehead atoms. The minimum atomic E-state index is -0.0573. The van der Waals surface area contributed by atoms with Gasteiger partial charge in [0.2, 0.25) is 0 Å². The van der Waals surface area contributed by atoms with Gasteiger partial charge in [-0.15, -0.1) is 0 Å². The standard InChI is InChI=1S/C16H29NO2/c1-3-12-9-10-17-14(11-12)16(18)19-15-8-6-5-7-13(15)4-2/h12-15,17H,3-11H2,1-2H3. The zero-order valence-corrected chi connectivity index (χ0v) is 12.5. The van der Waals surface area contributed by atoms with Gasteiger partial charge < -0.3 is 10.1 Å². The number of esters is 1. The molecule has 4 atom stereocenters. The lowest BCUT2D eigenvalue weighted by atomic mass is 9.84. The summed E-state index contributed by atoms with van der Waals surface area (Å²) in [6.45, 7) is 5.38. The van der Waals surface area contributed by atoms with Crippen LogP contribution >= 0.6 is 0 Å². The lowest BCUT2D eigenvalue weighted by molar-refractivity contribution is -0.157. The molecule has 3 nitrogen and oxygen atoms in total. The molecule has 2 aliphatic rings. The lowest BCUT2D eigenvalue weighted by Gasteiger charge is -2.33. The molecule has 1 aliphatic carbocycles. The summed E-state index contributed by atoms with van der Waals surface area (Å²) < 4.78 is 5.83. The molecule has 0 radical (unpaired) electrons. The van der Waals surface area contributed by atoms with Crippen LogP contribution in [0.4, 0.5) is 0 Å². The average Bonchev–Trinajstić information content (AvgIpc) is 2.47. The Labute approximate surface area is 117 Å². The summed E-state index contributed by atoms with van der Waals surface area (Å²) >= 11 is 0. The van der Waals surface area contributed by atoms with E-state index in [1.807, 2.05) is 0 Å². The molecule has 0 amide bonds.